The van der Waals surface area contributed by atoms with Gasteiger partial charge < -0.3 is 14.7 Å². The molecule has 7 heteroatoms. The first-order valence-electron chi connectivity index (χ1n) is 10.9. The molecular formula is C25H29N3O4. The number of aryl methyl sites for hydroxylation is 2. The predicted molar refractivity (Wildman–Crippen MR) is 123 cm³/mol. The van der Waals surface area contributed by atoms with Crippen molar-refractivity contribution in [3.8, 4) is 5.75 Å². The molecule has 0 spiro atoms. The summed E-state index contributed by atoms with van der Waals surface area (Å²) in [6.45, 7) is 7.26. The highest BCUT2D eigenvalue weighted by Gasteiger charge is 2.43. The Hall–Kier alpha value is -3.16. The molecule has 2 aliphatic rings. The molecule has 0 saturated carbocycles. The zero-order valence-electron chi connectivity index (χ0n) is 18.8. The zero-order chi connectivity index (χ0) is 22.8. The molecule has 0 unspecified atom stereocenters. The number of imide groups is 1. The Morgan fingerprint density at radius 2 is 1.59 bits per heavy atom. The first kappa shape index (κ1) is 22.0. The standard InChI is InChI=1S/C25H29N3O4/c1-17-14-18(2)16-19(15-17)28-24(30)22(20-6-4-5-7-21(20)32-3)23(25(28)31)27-10-8-26(9-11-27)12-13-29/h4-7,14-16,29H,8-13H2,1-3H3. The number of β-amino-alcohol motifs (C(OH)–C–C–N with tert-alkyl or cyclic N) is 1. The first-order chi connectivity index (χ1) is 15.4. The second-order valence-corrected chi connectivity index (χ2v) is 8.27. The van der Waals surface area contributed by atoms with Crippen molar-refractivity contribution < 1.29 is 19.4 Å². The lowest BCUT2D eigenvalue weighted by atomic mass is 10.0. The summed E-state index contributed by atoms with van der Waals surface area (Å²) < 4.78 is 5.53. The van der Waals surface area contributed by atoms with Crippen LogP contribution < -0.4 is 9.64 Å². The molecule has 2 aliphatic heterocycles. The highest BCUT2D eigenvalue weighted by molar-refractivity contribution is 6.45. The van der Waals surface area contributed by atoms with Gasteiger partial charge in [-0.3, -0.25) is 14.5 Å². The second-order valence-electron chi connectivity index (χ2n) is 8.27. The Bertz CT molecular complexity index is 1050. The van der Waals surface area contributed by atoms with Crippen molar-refractivity contribution in [3.05, 3.63) is 64.9 Å². The van der Waals surface area contributed by atoms with Gasteiger partial charge in [-0.05, 0) is 43.2 Å². The lowest BCUT2D eigenvalue weighted by Crippen LogP contribution is -2.48. The van der Waals surface area contributed by atoms with Crippen LogP contribution in [0.5, 0.6) is 5.75 Å². The van der Waals surface area contributed by atoms with E-state index in [4.69, 9.17) is 4.74 Å². The van der Waals surface area contributed by atoms with E-state index in [-0.39, 0.29) is 18.4 Å². The molecule has 2 amide bonds. The maximum absolute atomic E-state index is 13.7. The summed E-state index contributed by atoms with van der Waals surface area (Å²) in [5.41, 5.74) is 3.98. The van der Waals surface area contributed by atoms with Crippen molar-refractivity contribution in [1.29, 1.82) is 0 Å². The Morgan fingerprint density at radius 1 is 0.938 bits per heavy atom. The molecule has 168 valence electrons. The van der Waals surface area contributed by atoms with Crippen LogP contribution in [-0.2, 0) is 9.59 Å². The molecule has 1 saturated heterocycles. The van der Waals surface area contributed by atoms with Gasteiger partial charge in [-0.1, -0.05) is 24.3 Å². The van der Waals surface area contributed by atoms with E-state index in [0.717, 1.165) is 11.1 Å². The second kappa shape index (κ2) is 9.14. The molecule has 0 bridgehead atoms. The largest absolute Gasteiger partial charge is 0.496 e. The molecule has 2 heterocycles. The quantitative estimate of drug-likeness (QED) is 0.702. The number of amides is 2. The maximum Gasteiger partial charge on any atom is 0.282 e. The van der Waals surface area contributed by atoms with Crippen LogP contribution in [0.25, 0.3) is 5.57 Å². The number of ether oxygens (including phenoxy) is 1. The third-order valence-corrected chi connectivity index (χ3v) is 6.01. The minimum atomic E-state index is -0.336. The monoisotopic (exact) mass is 435 g/mol. The van der Waals surface area contributed by atoms with Crippen LogP contribution in [0.1, 0.15) is 16.7 Å². The number of carbonyl (C=O) groups excluding carboxylic acids is 2. The molecule has 2 aromatic carbocycles. The van der Waals surface area contributed by atoms with Gasteiger partial charge in [-0.25, -0.2) is 4.90 Å². The number of piperazine rings is 1. The summed E-state index contributed by atoms with van der Waals surface area (Å²) in [6.07, 6.45) is 0. The predicted octanol–water partition coefficient (Wildman–Crippen LogP) is 2.21. The van der Waals surface area contributed by atoms with Crippen molar-refractivity contribution in [1.82, 2.24) is 9.80 Å². The molecule has 32 heavy (non-hydrogen) atoms. The molecule has 0 radical (unpaired) electrons. The number of methoxy groups -OCH3 is 1. The van der Waals surface area contributed by atoms with Crippen molar-refractivity contribution in [2.24, 2.45) is 0 Å². The van der Waals surface area contributed by atoms with Gasteiger partial charge in [0, 0.05) is 38.3 Å². The van der Waals surface area contributed by atoms with Crippen molar-refractivity contribution >= 4 is 23.1 Å². The van der Waals surface area contributed by atoms with Crippen molar-refractivity contribution in [3.63, 3.8) is 0 Å². The van der Waals surface area contributed by atoms with Gasteiger partial charge in [0.15, 0.2) is 0 Å². The Morgan fingerprint density at radius 3 is 2.22 bits per heavy atom. The third-order valence-electron chi connectivity index (χ3n) is 6.01. The number of aliphatic hydroxyl groups excluding tert-OH is 1. The number of hydrogen-bond donors (Lipinski definition) is 1. The average molecular weight is 436 g/mol. The number of hydrogen-bond acceptors (Lipinski definition) is 6. The molecular weight excluding hydrogens is 406 g/mol. The maximum atomic E-state index is 13.7. The lowest BCUT2D eigenvalue weighted by Gasteiger charge is -2.36. The van der Waals surface area contributed by atoms with Gasteiger partial charge in [-0.15, -0.1) is 0 Å². The normalized spacial score (nSPS) is 17.5. The number of carbonyl (C=O) groups is 2. The van der Waals surface area contributed by atoms with Crippen LogP contribution in [0.15, 0.2) is 48.2 Å². The highest BCUT2D eigenvalue weighted by Crippen LogP contribution is 2.38. The summed E-state index contributed by atoms with van der Waals surface area (Å²) in [7, 11) is 1.57. The number of aliphatic hydroxyl groups is 1. The zero-order valence-corrected chi connectivity index (χ0v) is 18.8. The third kappa shape index (κ3) is 4.01. The molecule has 2 aromatic rings. The van der Waals surface area contributed by atoms with E-state index in [9.17, 15) is 14.7 Å². The fourth-order valence-corrected chi connectivity index (χ4v) is 4.56. The molecule has 4 rings (SSSR count). The van der Waals surface area contributed by atoms with E-state index >= 15 is 0 Å². The summed E-state index contributed by atoms with van der Waals surface area (Å²) >= 11 is 0. The highest BCUT2D eigenvalue weighted by atomic mass is 16.5. The van der Waals surface area contributed by atoms with Gasteiger partial charge >= 0.3 is 0 Å². The van der Waals surface area contributed by atoms with Crippen molar-refractivity contribution in [2.75, 3.05) is 51.3 Å². The Balaban J connectivity index is 1.80. The molecule has 0 atom stereocenters. The lowest BCUT2D eigenvalue weighted by molar-refractivity contribution is -0.120. The van der Waals surface area contributed by atoms with Crippen molar-refractivity contribution in [2.45, 2.75) is 13.8 Å². The molecule has 1 N–H and O–H groups in total. The van der Waals surface area contributed by atoms with Gasteiger partial charge in [0.2, 0.25) is 0 Å². The van der Waals surface area contributed by atoms with Gasteiger partial charge in [0.25, 0.3) is 11.8 Å². The Labute approximate surface area is 188 Å². The summed E-state index contributed by atoms with van der Waals surface area (Å²) in [5, 5.41) is 9.24. The molecule has 1 fully saturated rings. The molecule has 0 aromatic heterocycles. The van der Waals surface area contributed by atoms with Crippen LogP contribution in [0.3, 0.4) is 0 Å². The van der Waals surface area contributed by atoms with Gasteiger partial charge in [0.1, 0.15) is 11.4 Å². The van der Waals surface area contributed by atoms with Crippen LogP contribution >= 0.6 is 0 Å². The van der Waals surface area contributed by atoms with Gasteiger partial charge in [0.05, 0.1) is 25.0 Å². The Kier molecular flexibility index (Phi) is 6.30. The minimum absolute atomic E-state index is 0.104. The smallest absolute Gasteiger partial charge is 0.282 e. The number of nitrogens with zero attached hydrogens (tertiary/aromatic N) is 3. The number of rotatable bonds is 6. The summed E-state index contributed by atoms with van der Waals surface area (Å²) in [4.78, 5) is 32.9. The van der Waals surface area contributed by atoms with E-state index in [1.807, 2.05) is 55.1 Å². The summed E-state index contributed by atoms with van der Waals surface area (Å²) in [5.74, 6) is -0.0869. The van der Waals surface area contributed by atoms with Gasteiger partial charge in [-0.2, -0.15) is 0 Å². The van der Waals surface area contributed by atoms with E-state index < -0.39 is 0 Å². The number of benzene rings is 2. The SMILES string of the molecule is COc1ccccc1C1=C(N2CCN(CCO)CC2)C(=O)N(c2cc(C)cc(C)c2)C1=O. The fraction of sp³-hybridized carbons (Fsp3) is 0.360. The van der Waals surface area contributed by atoms with E-state index in [1.165, 1.54) is 4.90 Å². The topological polar surface area (TPSA) is 73.3 Å². The molecule has 7 nitrogen and oxygen atoms in total. The molecule has 0 aliphatic carbocycles. The van der Waals surface area contributed by atoms with Crippen LogP contribution in [0.2, 0.25) is 0 Å². The van der Waals surface area contributed by atoms with Crippen LogP contribution in [-0.4, -0.2) is 73.2 Å². The number of para-hydroxylation sites is 1. The van der Waals surface area contributed by atoms with E-state index in [2.05, 4.69) is 4.90 Å². The number of anilines is 1. The summed E-state index contributed by atoms with van der Waals surface area (Å²) in [6, 6.07) is 13.1. The first-order valence-corrected chi connectivity index (χ1v) is 10.9. The minimum Gasteiger partial charge on any atom is -0.496 e. The van der Waals surface area contributed by atoms with E-state index in [1.54, 1.807) is 13.2 Å². The fourth-order valence-electron chi connectivity index (χ4n) is 4.56. The average Bonchev–Trinajstić information content (AvgIpc) is 3.03. The van der Waals surface area contributed by atoms with Crippen LogP contribution in [0, 0.1) is 13.8 Å². The van der Waals surface area contributed by atoms with E-state index in [0.29, 0.717) is 61.0 Å². The van der Waals surface area contributed by atoms with Crippen LogP contribution in [0.4, 0.5) is 5.69 Å².